The molecule has 0 N–H and O–H groups in total. The molecule has 1 aliphatic carbocycles. The number of alkyl halides is 1. The van der Waals surface area contributed by atoms with Gasteiger partial charge in [-0.2, -0.15) is 0 Å². The van der Waals surface area contributed by atoms with E-state index in [2.05, 4.69) is 0 Å². The van der Waals surface area contributed by atoms with E-state index >= 15 is 0 Å². The summed E-state index contributed by atoms with van der Waals surface area (Å²) >= 11 is 5.95. The van der Waals surface area contributed by atoms with Crippen LogP contribution in [0.5, 0.6) is 5.75 Å². The highest BCUT2D eigenvalue weighted by Crippen LogP contribution is 2.45. The molecule has 1 saturated carbocycles. The summed E-state index contributed by atoms with van der Waals surface area (Å²) < 4.78 is 5.07. The second-order valence-corrected chi connectivity index (χ2v) is 4.32. The topological polar surface area (TPSA) is 26.3 Å². The molecule has 1 fully saturated rings. The van der Waals surface area contributed by atoms with Crippen LogP contribution < -0.4 is 4.74 Å². The van der Waals surface area contributed by atoms with E-state index in [-0.39, 0.29) is 11.3 Å². The van der Waals surface area contributed by atoms with Crippen LogP contribution in [0.2, 0.25) is 0 Å². The van der Waals surface area contributed by atoms with Gasteiger partial charge in [0.2, 0.25) is 0 Å². The average Bonchev–Trinajstić information content (AvgIpc) is 2.96. The highest BCUT2D eigenvalue weighted by molar-refractivity contribution is 6.23. The maximum Gasteiger partial charge on any atom is 0.310 e. The maximum absolute atomic E-state index is 11.0. The van der Waals surface area contributed by atoms with E-state index in [1.165, 1.54) is 5.56 Å². The smallest absolute Gasteiger partial charge is 0.310 e. The van der Waals surface area contributed by atoms with Gasteiger partial charge < -0.3 is 4.74 Å². The van der Waals surface area contributed by atoms with Crippen LogP contribution in [0, 0.1) is 0 Å². The molecule has 0 saturated heterocycles. The Morgan fingerprint density at radius 3 is 2.53 bits per heavy atom. The molecule has 15 heavy (non-hydrogen) atoms. The Morgan fingerprint density at radius 2 is 2.07 bits per heavy atom. The minimum atomic E-state index is -0.204. The van der Waals surface area contributed by atoms with Crippen molar-refractivity contribution in [2.24, 2.45) is 0 Å². The summed E-state index contributed by atoms with van der Waals surface area (Å²) in [7, 11) is 0. The molecule has 0 amide bonds. The van der Waals surface area contributed by atoms with Gasteiger partial charge in [0.25, 0.3) is 0 Å². The van der Waals surface area contributed by atoms with Gasteiger partial charge in [-0.1, -0.05) is 19.1 Å². The zero-order chi connectivity index (χ0) is 10.8. The Balaban J connectivity index is 2.01. The second-order valence-electron chi connectivity index (χ2n) is 3.75. The normalized spacial score (nSPS) is 23.6. The van der Waals surface area contributed by atoms with Crippen molar-refractivity contribution in [3.8, 4) is 5.75 Å². The van der Waals surface area contributed by atoms with Gasteiger partial charge >= 0.3 is 5.97 Å². The van der Waals surface area contributed by atoms with E-state index in [1.54, 1.807) is 6.92 Å². The SMILES string of the molecule is CCC(=O)Oc1ccc(C2C[C@H]2Cl)cc1. The van der Waals surface area contributed by atoms with Crippen LogP contribution in [0.1, 0.15) is 31.2 Å². The number of rotatable bonds is 3. The molecule has 0 spiro atoms. The molecule has 0 bridgehead atoms. The molecule has 1 aromatic rings. The van der Waals surface area contributed by atoms with Crippen LogP contribution in [-0.2, 0) is 4.79 Å². The minimum absolute atomic E-state index is 0.204. The highest BCUT2D eigenvalue weighted by Gasteiger charge is 2.36. The summed E-state index contributed by atoms with van der Waals surface area (Å²) in [5, 5.41) is 0.286. The molecule has 1 aliphatic rings. The number of esters is 1. The molecule has 0 radical (unpaired) electrons. The van der Waals surface area contributed by atoms with Gasteiger partial charge in [0, 0.05) is 17.7 Å². The fraction of sp³-hybridized carbons (Fsp3) is 0.417. The number of halogens is 1. The van der Waals surface area contributed by atoms with Crippen molar-refractivity contribution in [2.75, 3.05) is 0 Å². The van der Waals surface area contributed by atoms with E-state index in [9.17, 15) is 4.79 Å². The van der Waals surface area contributed by atoms with Crippen molar-refractivity contribution in [1.82, 2.24) is 0 Å². The van der Waals surface area contributed by atoms with Gasteiger partial charge in [-0.15, -0.1) is 11.6 Å². The first-order valence-corrected chi connectivity index (χ1v) is 5.59. The largest absolute Gasteiger partial charge is 0.427 e. The summed E-state index contributed by atoms with van der Waals surface area (Å²) in [6, 6.07) is 7.60. The average molecular weight is 225 g/mol. The summed E-state index contributed by atoms with van der Waals surface area (Å²) in [5.74, 6) is 0.893. The first-order valence-electron chi connectivity index (χ1n) is 5.15. The Hall–Kier alpha value is -1.02. The molecule has 1 unspecified atom stereocenters. The third-order valence-corrected chi connectivity index (χ3v) is 3.02. The van der Waals surface area contributed by atoms with Gasteiger partial charge in [-0.05, 0) is 24.1 Å². The van der Waals surface area contributed by atoms with Gasteiger partial charge in [0.1, 0.15) is 5.75 Å². The molecule has 2 nitrogen and oxygen atoms in total. The van der Waals surface area contributed by atoms with Crippen molar-refractivity contribution >= 4 is 17.6 Å². The molecule has 3 heteroatoms. The molecule has 1 aromatic carbocycles. The fourth-order valence-corrected chi connectivity index (χ4v) is 1.83. The molecular weight excluding hydrogens is 212 g/mol. The van der Waals surface area contributed by atoms with Crippen LogP contribution in [-0.4, -0.2) is 11.3 Å². The number of carbonyl (C=O) groups is 1. The summed E-state index contributed by atoms with van der Waals surface area (Å²) in [5.41, 5.74) is 1.23. The number of hydrogen-bond donors (Lipinski definition) is 0. The Labute approximate surface area is 94.2 Å². The number of ether oxygens (including phenoxy) is 1. The van der Waals surface area contributed by atoms with E-state index in [0.717, 1.165) is 6.42 Å². The van der Waals surface area contributed by atoms with Crippen LogP contribution in [0.3, 0.4) is 0 Å². The van der Waals surface area contributed by atoms with Crippen LogP contribution in [0.25, 0.3) is 0 Å². The number of carbonyl (C=O) groups excluding carboxylic acids is 1. The van der Waals surface area contributed by atoms with E-state index in [4.69, 9.17) is 16.3 Å². The third kappa shape index (κ3) is 2.51. The monoisotopic (exact) mass is 224 g/mol. The van der Waals surface area contributed by atoms with Crippen molar-refractivity contribution < 1.29 is 9.53 Å². The maximum atomic E-state index is 11.0. The molecular formula is C12H13ClO2. The first kappa shape index (κ1) is 10.5. The van der Waals surface area contributed by atoms with E-state index < -0.39 is 0 Å². The lowest BCUT2D eigenvalue weighted by atomic mass is 10.1. The third-order valence-electron chi connectivity index (χ3n) is 2.54. The molecule has 2 atom stereocenters. The van der Waals surface area contributed by atoms with E-state index in [0.29, 0.717) is 18.1 Å². The number of benzene rings is 1. The fourth-order valence-electron chi connectivity index (χ4n) is 1.50. The van der Waals surface area contributed by atoms with Crippen molar-refractivity contribution in [2.45, 2.75) is 31.1 Å². The Morgan fingerprint density at radius 1 is 1.47 bits per heavy atom. The number of hydrogen-bond acceptors (Lipinski definition) is 2. The van der Waals surface area contributed by atoms with Gasteiger partial charge in [0.05, 0.1) is 0 Å². The zero-order valence-electron chi connectivity index (χ0n) is 8.57. The second kappa shape index (κ2) is 4.23. The lowest BCUT2D eigenvalue weighted by Gasteiger charge is -2.03. The van der Waals surface area contributed by atoms with Crippen molar-refractivity contribution in [1.29, 1.82) is 0 Å². The lowest BCUT2D eigenvalue weighted by molar-refractivity contribution is -0.134. The Kier molecular flexibility index (Phi) is 2.96. The molecule has 80 valence electrons. The Bertz CT molecular complexity index is 358. The van der Waals surface area contributed by atoms with Gasteiger partial charge in [0.15, 0.2) is 0 Å². The van der Waals surface area contributed by atoms with Crippen molar-refractivity contribution in [3.05, 3.63) is 29.8 Å². The van der Waals surface area contributed by atoms with Crippen molar-refractivity contribution in [3.63, 3.8) is 0 Å². The summed E-state index contributed by atoms with van der Waals surface area (Å²) in [6.45, 7) is 1.78. The molecule has 0 heterocycles. The molecule has 0 aliphatic heterocycles. The van der Waals surface area contributed by atoms with Crippen LogP contribution >= 0.6 is 11.6 Å². The van der Waals surface area contributed by atoms with Gasteiger partial charge in [-0.3, -0.25) is 4.79 Å². The minimum Gasteiger partial charge on any atom is -0.427 e. The highest BCUT2D eigenvalue weighted by atomic mass is 35.5. The summed E-state index contributed by atoms with van der Waals surface area (Å²) in [6.07, 6.45) is 1.45. The van der Waals surface area contributed by atoms with Gasteiger partial charge in [-0.25, -0.2) is 0 Å². The lowest BCUT2D eigenvalue weighted by Crippen LogP contribution is -2.05. The van der Waals surface area contributed by atoms with Crippen LogP contribution in [0.4, 0.5) is 0 Å². The predicted molar refractivity (Wildman–Crippen MR) is 59.4 cm³/mol. The zero-order valence-corrected chi connectivity index (χ0v) is 9.33. The standard InChI is InChI=1S/C12H13ClO2/c1-2-12(14)15-9-5-3-8(4-6-9)10-7-11(10)13/h3-6,10-11H,2,7H2,1H3/t10?,11-/m1/s1. The first-order chi connectivity index (χ1) is 7.20. The van der Waals surface area contributed by atoms with Crippen LogP contribution in [0.15, 0.2) is 24.3 Å². The quantitative estimate of drug-likeness (QED) is 0.448. The van der Waals surface area contributed by atoms with E-state index in [1.807, 2.05) is 24.3 Å². The predicted octanol–water partition coefficient (Wildman–Crippen LogP) is 3.10. The summed E-state index contributed by atoms with van der Waals surface area (Å²) in [4.78, 5) is 11.0. The molecule has 0 aromatic heterocycles. The molecule has 2 rings (SSSR count).